The van der Waals surface area contributed by atoms with Crippen molar-refractivity contribution in [3.63, 3.8) is 0 Å². The van der Waals surface area contributed by atoms with Crippen LogP contribution in [0.15, 0.2) is 42.5 Å². The first-order chi connectivity index (χ1) is 10.7. The lowest BCUT2D eigenvalue weighted by molar-refractivity contribution is -0.287. The van der Waals surface area contributed by atoms with Crippen LogP contribution in [-0.4, -0.2) is 38.0 Å². The minimum Gasteiger partial charge on any atom is -0.469 e. The second-order valence-electron chi connectivity index (χ2n) is 5.03. The summed E-state index contributed by atoms with van der Waals surface area (Å²) in [5.41, 5.74) is 0.950. The average molecular weight is 304 g/mol. The molecule has 2 atom stereocenters. The second-order valence-corrected chi connectivity index (χ2v) is 5.03. The van der Waals surface area contributed by atoms with Gasteiger partial charge in [-0.3, -0.25) is 4.79 Å². The summed E-state index contributed by atoms with van der Waals surface area (Å²) in [4.78, 5) is 21.1. The third-order valence-corrected chi connectivity index (χ3v) is 3.59. The Morgan fingerprint density at radius 2 is 1.86 bits per heavy atom. The van der Waals surface area contributed by atoms with Crippen LogP contribution in [0.4, 0.5) is 0 Å². The molecule has 0 aromatic heterocycles. The van der Waals surface area contributed by atoms with E-state index in [1.165, 1.54) is 14.2 Å². The van der Waals surface area contributed by atoms with Gasteiger partial charge in [-0.05, 0) is 22.8 Å². The van der Waals surface area contributed by atoms with E-state index in [1.54, 1.807) is 0 Å². The third kappa shape index (κ3) is 4.04. The molecule has 0 saturated carbocycles. The minimum atomic E-state index is -1.00. The van der Waals surface area contributed by atoms with Crippen LogP contribution in [-0.2, 0) is 25.7 Å². The van der Waals surface area contributed by atoms with Crippen molar-refractivity contribution in [3.8, 4) is 0 Å². The highest BCUT2D eigenvalue weighted by Crippen LogP contribution is 2.20. The molecule has 2 rings (SSSR count). The molecule has 0 aliphatic carbocycles. The van der Waals surface area contributed by atoms with Crippen molar-refractivity contribution in [1.82, 2.24) is 0 Å². The zero-order valence-corrected chi connectivity index (χ0v) is 12.7. The number of hydrogen-bond acceptors (Lipinski definition) is 5. The first-order valence-electron chi connectivity index (χ1n) is 7.05. The normalized spacial score (nSPS) is 13.8. The van der Waals surface area contributed by atoms with Gasteiger partial charge in [0.05, 0.1) is 26.2 Å². The Morgan fingerprint density at radius 1 is 1.14 bits per heavy atom. The van der Waals surface area contributed by atoms with E-state index in [-0.39, 0.29) is 6.61 Å². The highest BCUT2D eigenvalue weighted by atomic mass is 17.2. The number of esters is 1. The lowest BCUT2D eigenvalue weighted by Crippen LogP contribution is -2.34. The monoisotopic (exact) mass is 304 g/mol. The molecule has 2 aromatic rings. The van der Waals surface area contributed by atoms with E-state index in [0.29, 0.717) is 6.42 Å². The molecule has 0 aliphatic rings. The Hall–Kier alpha value is -1.95. The van der Waals surface area contributed by atoms with E-state index in [0.717, 1.165) is 16.3 Å². The molecule has 0 radical (unpaired) electrons. The van der Waals surface area contributed by atoms with Gasteiger partial charge < -0.3 is 9.84 Å². The zero-order chi connectivity index (χ0) is 15.9. The van der Waals surface area contributed by atoms with E-state index in [9.17, 15) is 9.90 Å². The van der Waals surface area contributed by atoms with Crippen LogP contribution in [0, 0.1) is 5.92 Å². The maximum absolute atomic E-state index is 11.9. The zero-order valence-electron chi connectivity index (χ0n) is 12.7. The van der Waals surface area contributed by atoms with Crippen molar-refractivity contribution in [2.75, 3.05) is 20.8 Å². The predicted molar refractivity (Wildman–Crippen MR) is 82.1 cm³/mol. The molecule has 0 spiro atoms. The number of ether oxygens (including phenoxy) is 1. The van der Waals surface area contributed by atoms with Gasteiger partial charge in [-0.1, -0.05) is 42.5 Å². The predicted octanol–water partition coefficient (Wildman–Crippen LogP) is 2.11. The SMILES string of the molecule is COOCC(O)[C@@H](Cc1ccc2ccccc2c1)C(=O)OC. The van der Waals surface area contributed by atoms with E-state index >= 15 is 0 Å². The molecule has 0 heterocycles. The van der Waals surface area contributed by atoms with Crippen LogP contribution in [0.5, 0.6) is 0 Å². The van der Waals surface area contributed by atoms with Gasteiger partial charge in [-0.25, -0.2) is 9.78 Å². The van der Waals surface area contributed by atoms with Crippen LogP contribution in [0.2, 0.25) is 0 Å². The second kappa shape index (κ2) is 7.89. The fraction of sp³-hybridized carbons (Fsp3) is 0.353. The van der Waals surface area contributed by atoms with Crippen molar-refractivity contribution in [2.24, 2.45) is 5.92 Å². The maximum atomic E-state index is 11.9. The number of rotatable bonds is 7. The molecule has 5 heteroatoms. The summed E-state index contributed by atoms with van der Waals surface area (Å²) in [5.74, 6) is -1.18. The summed E-state index contributed by atoms with van der Waals surface area (Å²) in [7, 11) is 2.66. The smallest absolute Gasteiger partial charge is 0.311 e. The summed E-state index contributed by atoms with van der Waals surface area (Å²) >= 11 is 0. The van der Waals surface area contributed by atoms with E-state index in [2.05, 4.69) is 4.89 Å². The number of carbonyl (C=O) groups is 1. The molecular weight excluding hydrogens is 284 g/mol. The molecule has 0 aliphatic heterocycles. The highest BCUT2D eigenvalue weighted by Gasteiger charge is 2.28. The van der Waals surface area contributed by atoms with Gasteiger partial charge >= 0.3 is 5.97 Å². The van der Waals surface area contributed by atoms with Crippen LogP contribution in [0.25, 0.3) is 10.8 Å². The van der Waals surface area contributed by atoms with Gasteiger partial charge in [-0.15, -0.1) is 0 Å². The third-order valence-electron chi connectivity index (χ3n) is 3.59. The molecule has 2 aromatic carbocycles. The Balaban J connectivity index is 2.18. The Morgan fingerprint density at radius 3 is 2.55 bits per heavy atom. The van der Waals surface area contributed by atoms with Crippen molar-refractivity contribution in [3.05, 3.63) is 48.0 Å². The number of methoxy groups -OCH3 is 1. The molecule has 1 N–H and O–H groups in total. The summed E-state index contributed by atoms with van der Waals surface area (Å²) in [6.45, 7) is -0.0934. The van der Waals surface area contributed by atoms with Gasteiger partial charge in [-0.2, -0.15) is 0 Å². The van der Waals surface area contributed by atoms with Crippen molar-refractivity contribution in [2.45, 2.75) is 12.5 Å². The lowest BCUT2D eigenvalue weighted by atomic mass is 9.93. The summed E-state index contributed by atoms with van der Waals surface area (Å²) in [6, 6.07) is 13.9. The van der Waals surface area contributed by atoms with Crippen LogP contribution in [0.1, 0.15) is 5.56 Å². The topological polar surface area (TPSA) is 65.0 Å². The summed E-state index contributed by atoms with van der Waals surface area (Å²) in [5, 5.41) is 12.3. The maximum Gasteiger partial charge on any atom is 0.311 e. The Labute approximate surface area is 129 Å². The van der Waals surface area contributed by atoms with E-state index in [4.69, 9.17) is 9.62 Å². The summed E-state index contributed by atoms with van der Waals surface area (Å²) in [6.07, 6.45) is -0.634. The highest BCUT2D eigenvalue weighted by molar-refractivity contribution is 5.83. The molecule has 22 heavy (non-hydrogen) atoms. The number of benzene rings is 2. The van der Waals surface area contributed by atoms with Gasteiger partial charge in [0.1, 0.15) is 6.61 Å². The van der Waals surface area contributed by atoms with Crippen molar-refractivity contribution < 1.29 is 24.4 Å². The lowest BCUT2D eigenvalue weighted by Gasteiger charge is -2.20. The Bertz CT molecular complexity index is 625. The van der Waals surface area contributed by atoms with Crippen LogP contribution in [0.3, 0.4) is 0 Å². The first kappa shape index (κ1) is 16.4. The van der Waals surface area contributed by atoms with E-state index < -0.39 is 18.0 Å². The van der Waals surface area contributed by atoms with Gasteiger partial charge in [0.2, 0.25) is 0 Å². The largest absolute Gasteiger partial charge is 0.469 e. The molecule has 5 nitrogen and oxygen atoms in total. The van der Waals surface area contributed by atoms with Crippen molar-refractivity contribution >= 4 is 16.7 Å². The number of fused-ring (bicyclic) bond motifs is 1. The van der Waals surface area contributed by atoms with Crippen LogP contribution >= 0.6 is 0 Å². The fourth-order valence-corrected chi connectivity index (χ4v) is 2.40. The average Bonchev–Trinajstić information content (AvgIpc) is 2.56. The molecule has 1 unspecified atom stereocenters. The molecule has 0 bridgehead atoms. The molecule has 118 valence electrons. The minimum absolute atomic E-state index is 0.0934. The van der Waals surface area contributed by atoms with E-state index in [1.807, 2.05) is 42.5 Å². The number of carbonyl (C=O) groups excluding carboxylic acids is 1. The van der Waals surface area contributed by atoms with Gasteiger partial charge in [0.15, 0.2) is 0 Å². The fourth-order valence-electron chi connectivity index (χ4n) is 2.40. The van der Waals surface area contributed by atoms with Crippen LogP contribution < -0.4 is 0 Å². The molecule has 0 fully saturated rings. The quantitative estimate of drug-likeness (QED) is 0.482. The summed E-state index contributed by atoms with van der Waals surface area (Å²) < 4.78 is 4.78. The number of hydrogen-bond donors (Lipinski definition) is 1. The molecular formula is C17H20O5. The molecule has 0 saturated heterocycles. The van der Waals surface area contributed by atoms with Gasteiger partial charge in [0.25, 0.3) is 0 Å². The first-order valence-corrected chi connectivity index (χ1v) is 7.05. The standard InChI is InChI=1S/C17H20O5/c1-20-17(19)15(16(18)11-22-21-2)10-12-7-8-13-5-3-4-6-14(13)9-12/h3-9,15-16,18H,10-11H2,1-2H3/t15-,16?/m1/s1. The number of aliphatic hydroxyl groups excluding tert-OH is 1. The number of aliphatic hydroxyl groups is 1. The van der Waals surface area contributed by atoms with Crippen molar-refractivity contribution in [1.29, 1.82) is 0 Å². The van der Waals surface area contributed by atoms with Gasteiger partial charge in [0, 0.05) is 0 Å². The molecule has 0 amide bonds. The Kier molecular flexibility index (Phi) is 5.89.